The molecular weight excluding hydrogens is 398 g/mol. The lowest BCUT2D eigenvalue weighted by atomic mass is 10.0. The van der Waals surface area contributed by atoms with Crippen LogP contribution in [0.5, 0.6) is 0 Å². The monoisotopic (exact) mass is 421 g/mol. The van der Waals surface area contributed by atoms with Gasteiger partial charge in [0.05, 0.1) is 12.5 Å². The molecule has 0 saturated carbocycles. The van der Waals surface area contributed by atoms with Crippen molar-refractivity contribution in [1.82, 2.24) is 14.6 Å². The highest BCUT2D eigenvalue weighted by atomic mass is 32.2. The molecule has 2 aromatic carbocycles. The van der Waals surface area contributed by atoms with E-state index < -0.39 is 10.0 Å². The first kappa shape index (κ1) is 19.9. The number of fused-ring (bicyclic) bond motifs is 1. The van der Waals surface area contributed by atoms with Crippen molar-refractivity contribution in [3.05, 3.63) is 72.6 Å². The van der Waals surface area contributed by atoms with E-state index in [0.29, 0.717) is 23.1 Å². The van der Waals surface area contributed by atoms with E-state index in [0.717, 1.165) is 23.1 Å². The summed E-state index contributed by atoms with van der Waals surface area (Å²) in [5.41, 5.74) is 5.04. The molecule has 0 radical (unpaired) electrons. The Balaban J connectivity index is 1.66. The predicted octanol–water partition coefficient (Wildman–Crippen LogP) is 4.63. The molecule has 0 unspecified atom stereocenters. The first-order valence-electron chi connectivity index (χ1n) is 9.58. The van der Waals surface area contributed by atoms with Crippen LogP contribution in [0.25, 0.3) is 16.8 Å². The van der Waals surface area contributed by atoms with Gasteiger partial charge in [-0.1, -0.05) is 38.1 Å². The highest BCUT2D eigenvalue weighted by Gasteiger charge is 2.11. The van der Waals surface area contributed by atoms with E-state index in [9.17, 15) is 8.42 Å². The maximum atomic E-state index is 11.5. The fourth-order valence-electron chi connectivity index (χ4n) is 3.21. The van der Waals surface area contributed by atoms with E-state index >= 15 is 0 Å². The Morgan fingerprint density at radius 2 is 1.77 bits per heavy atom. The number of hydrogen-bond donors (Lipinski definition) is 2. The standard InChI is InChI=1S/C22H23N5O2S/c1-15(2)16-7-9-18(10-8-16)24-21-11-12-27-22(25-21)20(14-23-27)17-5-4-6-19(13-17)26-30(3,28)29/h4-15,26H,1-3H3,(H,24,25). The minimum Gasteiger partial charge on any atom is -0.340 e. The van der Waals surface area contributed by atoms with Gasteiger partial charge in [0, 0.05) is 23.1 Å². The summed E-state index contributed by atoms with van der Waals surface area (Å²) in [4.78, 5) is 4.72. The van der Waals surface area contributed by atoms with Crippen LogP contribution in [-0.2, 0) is 10.0 Å². The van der Waals surface area contributed by atoms with Crippen LogP contribution < -0.4 is 10.0 Å². The molecule has 8 heteroatoms. The summed E-state index contributed by atoms with van der Waals surface area (Å²) in [7, 11) is -3.35. The highest BCUT2D eigenvalue weighted by molar-refractivity contribution is 7.92. The Kier molecular flexibility index (Phi) is 5.17. The molecule has 2 aromatic heterocycles. The first-order valence-corrected chi connectivity index (χ1v) is 11.5. The van der Waals surface area contributed by atoms with Gasteiger partial charge in [-0.05, 0) is 47.4 Å². The molecule has 2 heterocycles. The zero-order valence-electron chi connectivity index (χ0n) is 17.0. The van der Waals surface area contributed by atoms with Gasteiger partial charge in [-0.25, -0.2) is 17.9 Å². The molecule has 0 atom stereocenters. The highest BCUT2D eigenvalue weighted by Crippen LogP contribution is 2.27. The average molecular weight is 422 g/mol. The Morgan fingerprint density at radius 1 is 1.00 bits per heavy atom. The molecule has 0 aliphatic rings. The number of benzene rings is 2. The van der Waals surface area contributed by atoms with Crippen molar-refractivity contribution < 1.29 is 8.42 Å². The molecule has 0 spiro atoms. The van der Waals surface area contributed by atoms with Crippen LogP contribution >= 0.6 is 0 Å². The van der Waals surface area contributed by atoms with Gasteiger partial charge in [0.1, 0.15) is 5.82 Å². The van der Waals surface area contributed by atoms with E-state index in [1.807, 2.05) is 30.5 Å². The van der Waals surface area contributed by atoms with E-state index in [4.69, 9.17) is 4.98 Å². The molecular formula is C22H23N5O2S. The molecule has 0 saturated heterocycles. The third-order valence-electron chi connectivity index (χ3n) is 4.70. The van der Waals surface area contributed by atoms with Gasteiger partial charge in [0.2, 0.25) is 10.0 Å². The quantitative estimate of drug-likeness (QED) is 0.474. The average Bonchev–Trinajstić information content (AvgIpc) is 3.10. The number of rotatable bonds is 6. The molecule has 0 fully saturated rings. The molecule has 0 aliphatic carbocycles. The van der Waals surface area contributed by atoms with Gasteiger partial charge >= 0.3 is 0 Å². The fraction of sp³-hybridized carbons (Fsp3) is 0.182. The second-order valence-electron chi connectivity index (χ2n) is 7.50. The van der Waals surface area contributed by atoms with Crippen LogP contribution in [0, 0.1) is 0 Å². The SMILES string of the molecule is CC(C)c1ccc(Nc2ccn3ncc(-c4cccc(NS(C)(=O)=O)c4)c3n2)cc1. The van der Waals surface area contributed by atoms with Crippen LogP contribution in [0.3, 0.4) is 0 Å². The van der Waals surface area contributed by atoms with Crippen LogP contribution in [0.2, 0.25) is 0 Å². The van der Waals surface area contributed by atoms with Crippen molar-refractivity contribution >= 4 is 32.9 Å². The van der Waals surface area contributed by atoms with Crippen molar-refractivity contribution in [3.63, 3.8) is 0 Å². The minimum atomic E-state index is -3.35. The Morgan fingerprint density at radius 3 is 2.47 bits per heavy atom. The summed E-state index contributed by atoms with van der Waals surface area (Å²) < 4.78 is 27.3. The molecule has 0 amide bonds. The number of anilines is 3. The summed E-state index contributed by atoms with van der Waals surface area (Å²) in [6.07, 6.45) is 4.69. The lowest BCUT2D eigenvalue weighted by molar-refractivity contribution is 0.607. The zero-order valence-corrected chi connectivity index (χ0v) is 17.8. The lowest BCUT2D eigenvalue weighted by Gasteiger charge is -2.09. The maximum absolute atomic E-state index is 11.5. The molecule has 2 N–H and O–H groups in total. The van der Waals surface area contributed by atoms with Gasteiger partial charge < -0.3 is 5.32 Å². The van der Waals surface area contributed by atoms with E-state index in [1.54, 1.807) is 28.9 Å². The fourth-order valence-corrected chi connectivity index (χ4v) is 3.76. The number of sulfonamides is 1. The number of nitrogens with zero attached hydrogens (tertiary/aromatic N) is 3. The van der Waals surface area contributed by atoms with Gasteiger partial charge in [-0.15, -0.1) is 0 Å². The summed E-state index contributed by atoms with van der Waals surface area (Å²) in [5, 5.41) is 7.70. The first-order chi connectivity index (χ1) is 14.3. The lowest BCUT2D eigenvalue weighted by Crippen LogP contribution is -2.09. The van der Waals surface area contributed by atoms with Crippen molar-refractivity contribution in [2.45, 2.75) is 19.8 Å². The van der Waals surface area contributed by atoms with E-state index in [1.165, 1.54) is 5.56 Å². The van der Waals surface area contributed by atoms with Crippen molar-refractivity contribution in [2.75, 3.05) is 16.3 Å². The second-order valence-corrected chi connectivity index (χ2v) is 9.24. The summed E-state index contributed by atoms with van der Waals surface area (Å²) in [6.45, 7) is 4.33. The molecule has 4 aromatic rings. The number of hydrogen-bond acceptors (Lipinski definition) is 5. The van der Waals surface area contributed by atoms with Crippen LogP contribution in [0.1, 0.15) is 25.3 Å². The minimum absolute atomic E-state index is 0.482. The Hall–Kier alpha value is -3.39. The third-order valence-corrected chi connectivity index (χ3v) is 5.30. The Bertz CT molecular complexity index is 1290. The Labute approximate surface area is 175 Å². The van der Waals surface area contributed by atoms with E-state index in [2.05, 4.69) is 41.1 Å². The zero-order chi connectivity index (χ0) is 21.3. The summed E-state index contributed by atoms with van der Waals surface area (Å²) in [6, 6.07) is 17.3. The number of nitrogens with one attached hydrogen (secondary N) is 2. The summed E-state index contributed by atoms with van der Waals surface area (Å²) in [5.74, 6) is 1.18. The number of aromatic nitrogens is 3. The molecule has 30 heavy (non-hydrogen) atoms. The third kappa shape index (κ3) is 4.44. The van der Waals surface area contributed by atoms with Crippen molar-refractivity contribution in [3.8, 4) is 11.1 Å². The van der Waals surface area contributed by atoms with Gasteiger partial charge in [-0.3, -0.25) is 4.72 Å². The van der Waals surface area contributed by atoms with Crippen LogP contribution in [0.4, 0.5) is 17.2 Å². The molecule has 0 aliphatic heterocycles. The maximum Gasteiger partial charge on any atom is 0.229 e. The van der Waals surface area contributed by atoms with E-state index in [-0.39, 0.29) is 0 Å². The molecule has 154 valence electrons. The smallest absolute Gasteiger partial charge is 0.229 e. The topological polar surface area (TPSA) is 88.4 Å². The largest absolute Gasteiger partial charge is 0.340 e. The molecule has 7 nitrogen and oxygen atoms in total. The van der Waals surface area contributed by atoms with Gasteiger partial charge in [-0.2, -0.15) is 5.10 Å². The molecule has 0 bridgehead atoms. The normalized spacial score (nSPS) is 11.7. The van der Waals surface area contributed by atoms with Gasteiger partial charge in [0.15, 0.2) is 5.65 Å². The van der Waals surface area contributed by atoms with Crippen LogP contribution in [0.15, 0.2) is 67.0 Å². The van der Waals surface area contributed by atoms with Crippen molar-refractivity contribution in [2.24, 2.45) is 0 Å². The molecule has 4 rings (SSSR count). The predicted molar refractivity (Wildman–Crippen MR) is 121 cm³/mol. The van der Waals surface area contributed by atoms with Crippen molar-refractivity contribution in [1.29, 1.82) is 0 Å². The summed E-state index contributed by atoms with van der Waals surface area (Å²) >= 11 is 0. The van der Waals surface area contributed by atoms with Crippen LogP contribution in [-0.4, -0.2) is 29.3 Å². The second kappa shape index (κ2) is 7.79. The van der Waals surface area contributed by atoms with Gasteiger partial charge in [0.25, 0.3) is 0 Å².